The van der Waals surface area contributed by atoms with E-state index in [-0.39, 0.29) is 16.6 Å². The van der Waals surface area contributed by atoms with Gasteiger partial charge in [0.2, 0.25) is 0 Å². The van der Waals surface area contributed by atoms with Crippen LogP contribution < -0.4 is 5.73 Å². The van der Waals surface area contributed by atoms with Crippen molar-refractivity contribution in [2.75, 3.05) is 19.8 Å². The van der Waals surface area contributed by atoms with Crippen LogP contribution in [0.5, 0.6) is 0 Å². The van der Waals surface area contributed by atoms with Crippen LogP contribution in [-0.2, 0) is 0 Å². The second-order valence-corrected chi connectivity index (χ2v) is 6.10. The smallest absolute Gasteiger partial charge is 0.253 e. The maximum atomic E-state index is 14.0. The highest BCUT2D eigenvalue weighted by molar-refractivity contribution is 7.99. The lowest BCUT2D eigenvalue weighted by atomic mass is 10.2. The highest BCUT2D eigenvalue weighted by atomic mass is 35.5. The Bertz CT molecular complexity index is 674. The zero-order valence-electron chi connectivity index (χ0n) is 11.6. The maximum Gasteiger partial charge on any atom is 0.253 e. The first-order chi connectivity index (χ1) is 9.90. The third-order valence-electron chi connectivity index (χ3n) is 2.81. The van der Waals surface area contributed by atoms with E-state index in [2.05, 4.69) is 0 Å². The zero-order valence-corrected chi connectivity index (χ0v) is 13.1. The average Bonchev–Trinajstić information content (AvgIpc) is 2.48. The van der Waals surface area contributed by atoms with E-state index in [1.165, 1.54) is 16.7 Å². The van der Waals surface area contributed by atoms with E-state index >= 15 is 0 Å². The van der Waals surface area contributed by atoms with Crippen LogP contribution in [-0.4, -0.2) is 24.9 Å². The molecule has 0 aliphatic rings. The summed E-state index contributed by atoms with van der Waals surface area (Å²) in [7, 11) is 3.38. The van der Waals surface area contributed by atoms with Gasteiger partial charge in [-0.1, -0.05) is 23.4 Å². The third-order valence-corrected chi connectivity index (χ3v) is 4.24. The molecule has 2 N–H and O–H groups in total. The summed E-state index contributed by atoms with van der Waals surface area (Å²) in [4.78, 5) is 14.5. The van der Waals surface area contributed by atoms with Gasteiger partial charge in [-0.3, -0.25) is 4.79 Å². The molecule has 0 fully saturated rings. The van der Waals surface area contributed by atoms with Crippen molar-refractivity contribution >= 4 is 35.0 Å². The van der Waals surface area contributed by atoms with Crippen LogP contribution in [0.3, 0.4) is 0 Å². The van der Waals surface area contributed by atoms with Crippen LogP contribution in [0, 0.1) is 5.82 Å². The molecule has 0 unspecified atom stereocenters. The number of carbonyl (C=O) groups excluding carboxylic acids is 1. The molecule has 1 amide bonds. The normalized spacial score (nSPS) is 10.5. The molecule has 0 radical (unpaired) electrons. The lowest BCUT2D eigenvalue weighted by Gasteiger charge is -2.11. The van der Waals surface area contributed by atoms with E-state index in [1.807, 2.05) is 0 Å². The second-order valence-electron chi connectivity index (χ2n) is 4.61. The number of anilines is 1. The molecule has 0 bridgehead atoms. The molecule has 110 valence electrons. The molecule has 0 aliphatic carbocycles. The number of hydrogen-bond acceptors (Lipinski definition) is 3. The van der Waals surface area contributed by atoms with Crippen molar-refractivity contribution in [3.05, 3.63) is 52.8 Å². The number of nitrogens with zero attached hydrogens (tertiary/aromatic N) is 1. The maximum absolute atomic E-state index is 14.0. The molecule has 0 aliphatic heterocycles. The van der Waals surface area contributed by atoms with Crippen molar-refractivity contribution in [1.82, 2.24) is 4.90 Å². The standard InChI is InChI=1S/C15H14ClFN2OS/c1-19(2)15(20)9-3-5-10(6-4-9)21-12-8-7-11(18)13(16)14(12)17/h3-8H,18H2,1-2H3. The quantitative estimate of drug-likeness (QED) is 0.871. The van der Waals surface area contributed by atoms with Gasteiger partial charge in [-0.25, -0.2) is 4.39 Å². The summed E-state index contributed by atoms with van der Waals surface area (Å²) in [5.41, 5.74) is 6.34. The first kappa shape index (κ1) is 15.7. The predicted octanol–water partition coefficient (Wildman–Crippen LogP) is 3.91. The largest absolute Gasteiger partial charge is 0.397 e. The van der Waals surface area contributed by atoms with Crippen molar-refractivity contribution in [2.24, 2.45) is 0 Å². The Kier molecular flexibility index (Phi) is 4.75. The Morgan fingerprint density at radius 3 is 2.38 bits per heavy atom. The Morgan fingerprint density at radius 2 is 1.81 bits per heavy atom. The molecule has 3 nitrogen and oxygen atoms in total. The first-order valence-corrected chi connectivity index (χ1v) is 7.32. The van der Waals surface area contributed by atoms with E-state index < -0.39 is 5.82 Å². The molecule has 0 saturated heterocycles. The van der Waals surface area contributed by atoms with E-state index in [4.69, 9.17) is 17.3 Å². The minimum absolute atomic E-state index is 0.0700. The topological polar surface area (TPSA) is 46.3 Å². The van der Waals surface area contributed by atoms with Crippen LogP contribution in [0.1, 0.15) is 10.4 Å². The lowest BCUT2D eigenvalue weighted by molar-refractivity contribution is 0.0827. The Morgan fingerprint density at radius 1 is 1.19 bits per heavy atom. The van der Waals surface area contributed by atoms with Gasteiger partial charge in [0, 0.05) is 29.4 Å². The number of benzene rings is 2. The van der Waals surface area contributed by atoms with Crippen molar-refractivity contribution in [3.63, 3.8) is 0 Å². The zero-order chi connectivity index (χ0) is 15.6. The van der Waals surface area contributed by atoms with E-state index in [0.29, 0.717) is 10.5 Å². The number of rotatable bonds is 3. The predicted molar refractivity (Wildman–Crippen MR) is 84.4 cm³/mol. The number of nitrogen functional groups attached to an aromatic ring is 1. The van der Waals surface area contributed by atoms with E-state index in [9.17, 15) is 9.18 Å². The number of carbonyl (C=O) groups is 1. The second kappa shape index (κ2) is 6.37. The number of halogens is 2. The monoisotopic (exact) mass is 324 g/mol. The van der Waals surface area contributed by atoms with Crippen LogP contribution in [0.15, 0.2) is 46.2 Å². The summed E-state index contributed by atoms with van der Waals surface area (Å²) in [5, 5.41) is -0.0700. The number of hydrogen-bond donors (Lipinski definition) is 1. The molecule has 21 heavy (non-hydrogen) atoms. The summed E-state index contributed by atoms with van der Waals surface area (Å²) < 4.78 is 14.0. The van der Waals surface area contributed by atoms with Gasteiger partial charge in [0.1, 0.15) is 5.02 Å². The molecule has 0 saturated carbocycles. The van der Waals surface area contributed by atoms with Crippen LogP contribution in [0.4, 0.5) is 10.1 Å². The van der Waals surface area contributed by atoms with Gasteiger partial charge in [-0.05, 0) is 36.4 Å². The fraction of sp³-hybridized carbons (Fsp3) is 0.133. The summed E-state index contributed by atoms with van der Waals surface area (Å²) >= 11 is 7.01. The highest BCUT2D eigenvalue weighted by Gasteiger charge is 2.12. The van der Waals surface area contributed by atoms with Crippen molar-refractivity contribution in [3.8, 4) is 0 Å². The minimum atomic E-state index is -0.532. The molecule has 6 heteroatoms. The van der Waals surface area contributed by atoms with Crippen LogP contribution in [0.2, 0.25) is 5.02 Å². The minimum Gasteiger partial charge on any atom is -0.397 e. The summed E-state index contributed by atoms with van der Waals surface area (Å²) in [6.45, 7) is 0. The Labute approximate surface area is 131 Å². The van der Waals surface area contributed by atoms with Gasteiger partial charge in [0.05, 0.1) is 5.69 Å². The van der Waals surface area contributed by atoms with Crippen LogP contribution in [0.25, 0.3) is 0 Å². The van der Waals surface area contributed by atoms with Gasteiger partial charge in [0.25, 0.3) is 5.91 Å². The fourth-order valence-electron chi connectivity index (χ4n) is 1.68. The van der Waals surface area contributed by atoms with Gasteiger partial charge in [-0.2, -0.15) is 0 Å². The number of nitrogens with two attached hydrogens (primary N) is 1. The molecular formula is C15H14ClFN2OS. The fourth-order valence-corrected chi connectivity index (χ4v) is 2.75. The summed E-state index contributed by atoms with van der Waals surface area (Å²) in [6, 6.07) is 10.1. The van der Waals surface area contributed by atoms with Crippen LogP contribution >= 0.6 is 23.4 Å². The van der Waals surface area contributed by atoms with E-state index in [1.54, 1.807) is 50.5 Å². The van der Waals surface area contributed by atoms with Gasteiger partial charge in [0.15, 0.2) is 5.82 Å². The average molecular weight is 325 g/mol. The molecule has 0 heterocycles. The van der Waals surface area contributed by atoms with Gasteiger partial charge >= 0.3 is 0 Å². The molecule has 2 aromatic rings. The molecule has 2 aromatic carbocycles. The Balaban J connectivity index is 2.21. The van der Waals surface area contributed by atoms with Gasteiger partial charge in [-0.15, -0.1) is 0 Å². The molecule has 0 atom stereocenters. The van der Waals surface area contributed by atoms with Crippen molar-refractivity contribution in [1.29, 1.82) is 0 Å². The first-order valence-electron chi connectivity index (χ1n) is 6.13. The van der Waals surface area contributed by atoms with Crippen molar-refractivity contribution < 1.29 is 9.18 Å². The Hall–Kier alpha value is -1.72. The molecule has 2 rings (SSSR count). The van der Waals surface area contributed by atoms with Crippen molar-refractivity contribution in [2.45, 2.75) is 9.79 Å². The molecular weight excluding hydrogens is 311 g/mol. The van der Waals surface area contributed by atoms with E-state index in [0.717, 1.165) is 4.90 Å². The SMILES string of the molecule is CN(C)C(=O)c1ccc(Sc2ccc(N)c(Cl)c2F)cc1. The third kappa shape index (κ3) is 3.49. The molecule has 0 spiro atoms. The number of amides is 1. The van der Waals surface area contributed by atoms with Gasteiger partial charge < -0.3 is 10.6 Å². The molecule has 0 aromatic heterocycles. The highest BCUT2D eigenvalue weighted by Crippen LogP contribution is 2.35. The lowest BCUT2D eigenvalue weighted by Crippen LogP contribution is -2.21. The summed E-state index contributed by atoms with van der Waals surface area (Å²) in [6.07, 6.45) is 0. The summed E-state index contributed by atoms with van der Waals surface area (Å²) in [5.74, 6) is -0.608.